The fourth-order valence-electron chi connectivity index (χ4n) is 3.04. The van der Waals surface area contributed by atoms with Gasteiger partial charge in [0.1, 0.15) is 11.6 Å². The van der Waals surface area contributed by atoms with Crippen molar-refractivity contribution in [3.8, 4) is 5.75 Å². The highest BCUT2D eigenvalue weighted by Crippen LogP contribution is 2.27. The first kappa shape index (κ1) is 23.1. The van der Waals surface area contributed by atoms with Crippen molar-refractivity contribution in [3.05, 3.63) is 68.7 Å². The number of benzene rings is 2. The predicted molar refractivity (Wildman–Crippen MR) is 121 cm³/mol. The number of nitrogens with one attached hydrogen (secondary N) is 1. The number of para-hydroxylation sites is 1. The van der Waals surface area contributed by atoms with Crippen molar-refractivity contribution in [1.29, 1.82) is 0 Å². The molecule has 0 spiro atoms. The highest BCUT2D eigenvalue weighted by molar-refractivity contribution is 6.35. The highest BCUT2D eigenvalue weighted by Gasteiger charge is 2.16. The van der Waals surface area contributed by atoms with Crippen LogP contribution in [0.1, 0.15) is 18.7 Å². The summed E-state index contributed by atoms with van der Waals surface area (Å²) in [5, 5.41) is 1.47. The summed E-state index contributed by atoms with van der Waals surface area (Å²) in [4.78, 5) is 33.9. The number of carbonyl (C=O) groups excluding carboxylic acids is 1. The summed E-state index contributed by atoms with van der Waals surface area (Å²) in [6.07, 6.45) is 0.773. The van der Waals surface area contributed by atoms with E-state index in [1.165, 1.54) is 0 Å². The third-order valence-corrected chi connectivity index (χ3v) is 5.14. The molecule has 0 saturated heterocycles. The molecule has 31 heavy (non-hydrogen) atoms. The normalized spacial score (nSPS) is 10.9. The number of halogens is 2. The lowest BCUT2D eigenvalue weighted by atomic mass is 10.2. The lowest BCUT2D eigenvalue weighted by Gasteiger charge is -2.22. The van der Waals surface area contributed by atoms with Crippen LogP contribution in [0.4, 0.5) is 0 Å². The Balaban J connectivity index is 1.60. The van der Waals surface area contributed by atoms with E-state index in [-0.39, 0.29) is 24.4 Å². The van der Waals surface area contributed by atoms with Gasteiger partial charge in [-0.2, -0.15) is 0 Å². The minimum absolute atomic E-state index is 0.0846. The summed E-state index contributed by atoms with van der Waals surface area (Å²) in [7, 11) is 1.57. The first-order chi connectivity index (χ1) is 15.0. The van der Waals surface area contributed by atoms with E-state index in [1.807, 2.05) is 6.07 Å². The Bertz CT molecular complexity index is 1100. The van der Waals surface area contributed by atoms with E-state index < -0.39 is 0 Å². The van der Waals surface area contributed by atoms with Gasteiger partial charge < -0.3 is 19.4 Å². The average molecular weight is 464 g/mol. The maximum absolute atomic E-state index is 12.8. The van der Waals surface area contributed by atoms with Gasteiger partial charge >= 0.3 is 0 Å². The largest absolute Gasteiger partial charge is 0.492 e. The molecule has 0 bridgehead atoms. The number of aromatic nitrogens is 2. The molecule has 1 heterocycles. The number of methoxy groups -OCH3 is 1. The van der Waals surface area contributed by atoms with Crippen LogP contribution in [0.3, 0.4) is 0 Å². The second-order valence-electron chi connectivity index (χ2n) is 6.86. The molecular formula is C22H23Cl2N3O4. The Morgan fingerprint density at radius 3 is 2.74 bits per heavy atom. The molecular weight excluding hydrogens is 441 g/mol. The molecule has 0 aliphatic rings. The van der Waals surface area contributed by atoms with E-state index in [2.05, 4.69) is 9.97 Å². The fourth-order valence-corrected chi connectivity index (χ4v) is 3.50. The molecule has 0 radical (unpaired) electrons. The van der Waals surface area contributed by atoms with Gasteiger partial charge in [0.15, 0.2) is 0 Å². The van der Waals surface area contributed by atoms with Crippen molar-refractivity contribution in [2.75, 3.05) is 26.9 Å². The number of carbonyl (C=O) groups is 1. The number of rotatable bonds is 10. The van der Waals surface area contributed by atoms with Crippen LogP contribution in [0.25, 0.3) is 10.9 Å². The number of hydrogen-bond donors (Lipinski definition) is 1. The van der Waals surface area contributed by atoms with Gasteiger partial charge in [-0.1, -0.05) is 35.3 Å². The molecule has 0 unspecified atom stereocenters. The number of ether oxygens (including phenoxy) is 2. The molecule has 0 saturated carbocycles. The molecule has 0 aliphatic heterocycles. The Morgan fingerprint density at radius 2 is 1.97 bits per heavy atom. The van der Waals surface area contributed by atoms with E-state index in [0.717, 1.165) is 0 Å². The highest BCUT2D eigenvalue weighted by atomic mass is 35.5. The van der Waals surface area contributed by atoms with E-state index in [1.54, 1.807) is 48.4 Å². The van der Waals surface area contributed by atoms with Gasteiger partial charge in [-0.3, -0.25) is 9.59 Å². The minimum Gasteiger partial charge on any atom is -0.492 e. The molecule has 164 valence electrons. The number of fused-ring (bicyclic) bond motifs is 1. The molecule has 1 amide bonds. The van der Waals surface area contributed by atoms with Crippen LogP contribution in [0, 0.1) is 0 Å². The number of aromatic amines is 1. The molecule has 3 rings (SSSR count). The van der Waals surface area contributed by atoms with Crippen LogP contribution in [0.5, 0.6) is 5.75 Å². The van der Waals surface area contributed by atoms with Crippen molar-refractivity contribution in [1.82, 2.24) is 14.9 Å². The number of hydrogen-bond acceptors (Lipinski definition) is 5. The number of H-pyrrole nitrogens is 1. The van der Waals surface area contributed by atoms with Gasteiger partial charge in [0.25, 0.3) is 5.56 Å². The van der Waals surface area contributed by atoms with E-state index >= 15 is 0 Å². The molecule has 0 fully saturated rings. The fraction of sp³-hybridized carbons (Fsp3) is 0.318. The lowest BCUT2D eigenvalue weighted by molar-refractivity contribution is -0.132. The molecule has 0 atom stereocenters. The van der Waals surface area contributed by atoms with Gasteiger partial charge in [0.2, 0.25) is 5.91 Å². The van der Waals surface area contributed by atoms with Crippen LogP contribution >= 0.6 is 23.2 Å². The molecule has 1 aromatic heterocycles. The lowest BCUT2D eigenvalue weighted by Crippen LogP contribution is -2.34. The predicted octanol–water partition coefficient (Wildman–Crippen LogP) is 4.06. The summed E-state index contributed by atoms with van der Waals surface area (Å²) >= 11 is 12.0. The quantitative estimate of drug-likeness (QED) is 0.458. The number of amides is 1. The molecule has 2 aromatic carbocycles. The topological polar surface area (TPSA) is 84.5 Å². The van der Waals surface area contributed by atoms with Crippen molar-refractivity contribution < 1.29 is 14.3 Å². The second kappa shape index (κ2) is 11.1. The summed E-state index contributed by atoms with van der Waals surface area (Å²) < 4.78 is 10.8. The molecule has 7 nitrogen and oxygen atoms in total. The molecule has 3 aromatic rings. The third-order valence-electron chi connectivity index (χ3n) is 4.61. The summed E-state index contributed by atoms with van der Waals surface area (Å²) in [6.45, 7) is 1.28. The van der Waals surface area contributed by atoms with Gasteiger partial charge in [-0.15, -0.1) is 0 Å². The van der Waals surface area contributed by atoms with Crippen LogP contribution in [-0.4, -0.2) is 47.6 Å². The van der Waals surface area contributed by atoms with Crippen LogP contribution < -0.4 is 10.3 Å². The molecule has 9 heteroatoms. The van der Waals surface area contributed by atoms with Crippen molar-refractivity contribution in [2.24, 2.45) is 0 Å². The van der Waals surface area contributed by atoms with E-state index in [0.29, 0.717) is 58.7 Å². The van der Waals surface area contributed by atoms with Crippen molar-refractivity contribution in [2.45, 2.75) is 19.4 Å². The smallest absolute Gasteiger partial charge is 0.258 e. The van der Waals surface area contributed by atoms with Crippen molar-refractivity contribution in [3.63, 3.8) is 0 Å². The number of nitrogens with zero attached hydrogens (tertiary/aromatic N) is 2. The summed E-state index contributed by atoms with van der Waals surface area (Å²) in [6, 6.07) is 12.1. The first-order valence-corrected chi connectivity index (χ1v) is 10.6. The third kappa shape index (κ3) is 6.43. The Labute approximate surface area is 189 Å². The Kier molecular flexibility index (Phi) is 8.28. The minimum atomic E-state index is -0.229. The summed E-state index contributed by atoms with van der Waals surface area (Å²) in [5.74, 6) is 0.865. The van der Waals surface area contributed by atoms with Crippen LogP contribution in [0.15, 0.2) is 47.3 Å². The van der Waals surface area contributed by atoms with Crippen LogP contribution in [0.2, 0.25) is 10.0 Å². The maximum Gasteiger partial charge on any atom is 0.258 e. The zero-order valence-corrected chi connectivity index (χ0v) is 18.6. The zero-order valence-electron chi connectivity index (χ0n) is 17.1. The SMILES string of the molecule is COCCN(Cc1nc2ccccc2c(=O)[nH]1)C(=O)CCCOc1ccc(Cl)cc1Cl. The standard InChI is InChI=1S/C22H23Cl2N3O4/c1-30-12-10-27(14-20-25-18-6-3-2-5-16(18)22(29)26-20)21(28)7-4-11-31-19-9-8-15(23)13-17(19)24/h2-3,5-6,8-9,13H,4,7,10-12,14H2,1H3,(H,25,26,29). The van der Waals surface area contributed by atoms with Crippen molar-refractivity contribution >= 4 is 40.0 Å². The monoisotopic (exact) mass is 463 g/mol. The first-order valence-electron chi connectivity index (χ1n) is 9.80. The van der Waals surface area contributed by atoms with E-state index in [9.17, 15) is 9.59 Å². The second-order valence-corrected chi connectivity index (χ2v) is 7.71. The molecule has 0 aliphatic carbocycles. The van der Waals surface area contributed by atoms with Crippen LogP contribution in [-0.2, 0) is 16.1 Å². The average Bonchev–Trinajstić information content (AvgIpc) is 2.75. The van der Waals surface area contributed by atoms with Gasteiger partial charge in [-0.25, -0.2) is 4.98 Å². The molecule has 1 N–H and O–H groups in total. The maximum atomic E-state index is 12.8. The Morgan fingerprint density at radius 1 is 1.16 bits per heavy atom. The van der Waals surface area contributed by atoms with Gasteiger partial charge in [0.05, 0.1) is 35.7 Å². The summed E-state index contributed by atoms with van der Waals surface area (Å²) in [5.41, 5.74) is 0.363. The Hall–Kier alpha value is -2.61. The van der Waals surface area contributed by atoms with Gasteiger partial charge in [0, 0.05) is 25.1 Å². The van der Waals surface area contributed by atoms with Gasteiger partial charge in [-0.05, 0) is 36.8 Å². The van der Waals surface area contributed by atoms with E-state index in [4.69, 9.17) is 32.7 Å². The zero-order chi connectivity index (χ0) is 22.2.